The van der Waals surface area contributed by atoms with Crippen molar-refractivity contribution in [3.05, 3.63) is 88.5 Å². The molecule has 1 aromatic heterocycles. The number of hydrogen-bond acceptors (Lipinski definition) is 6. The Labute approximate surface area is 221 Å². The molecule has 3 atom stereocenters. The second kappa shape index (κ2) is 9.64. The van der Waals surface area contributed by atoms with Gasteiger partial charge in [-0.1, -0.05) is 11.6 Å². The zero-order valence-corrected chi connectivity index (χ0v) is 21.2. The number of aromatic nitrogens is 1. The molecule has 3 aromatic rings. The van der Waals surface area contributed by atoms with Gasteiger partial charge in [0.05, 0.1) is 27.1 Å². The highest BCUT2D eigenvalue weighted by molar-refractivity contribution is 7.92. The highest BCUT2D eigenvalue weighted by Crippen LogP contribution is 2.60. The smallest absolute Gasteiger partial charge is 0.255 e. The van der Waals surface area contributed by atoms with Crippen LogP contribution < -0.4 is 5.32 Å². The molecule has 3 fully saturated rings. The minimum Gasteiger partial charge on any atom is -0.386 e. The van der Waals surface area contributed by atoms with Gasteiger partial charge in [-0.05, 0) is 73.6 Å². The van der Waals surface area contributed by atoms with Crippen molar-refractivity contribution in [1.82, 2.24) is 4.98 Å². The fourth-order valence-electron chi connectivity index (χ4n) is 5.50. The van der Waals surface area contributed by atoms with Gasteiger partial charge in [0.1, 0.15) is 17.5 Å². The number of aliphatic hydroxyl groups is 2. The van der Waals surface area contributed by atoms with Crippen LogP contribution in [0.1, 0.15) is 41.4 Å². The number of halogens is 4. The first-order chi connectivity index (χ1) is 17.9. The van der Waals surface area contributed by atoms with Crippen LogP contribution in [0.5, 0.6) is 0 Å². The van der Waals surface area contributed by atoms with E-state index in [0.717, 1.165) is 36.5 Å². The van der Waals surface area contributed by atoms with Crippen LogP contribution in [0.2, 0.25) is 5.02 Å². The molecular weight excluding hydrogens is 545 g/mol. The van der Waals surface area contributed by atoms with Crippen molar-refractivity contribution in [2.75, 3.05) is 5.32 Å². The van der Waals surface area contributed by atoms with Crippen LogP contribution in [0, 0.1) is 29.3 Å². The summed E-state index contributed by atoms with van der Waals surface area (Å²) in [5.74, 6) is -4.69. The molecule has 2 unspecified atom stereocenters. The first-order valence-electron chi connectivity index (χ1n) is 11.7. The fourth-order valence-corrected chi connectivity index (χ4v) is 7.90. The van der Waals surface area contributed by atoms with Gasteiger partial charge in [-0.3, -0.25) is 9.78 Å². The van der Waals surface area contributed by atoms with Gasteiger partial charge in [0.2, 0.25) is 0 Å². The number of amides is 1. The maximum atomic E-state index is 13.6. The third kappa shape index (κ3) is 4.47. The summed E-state index contributed by atoms with van der Waals surface area (Å²) in [5.41, 5.74) is -1.60. The lowest BCUT2D eigenvalue weighted by atomic mass is 9.51. The monoisotopic (exact) mass is 566 g/mol. The Hall–Kier alpha value is -2.99. The summed E-state index contributed by atoms with van der Waals surface area (Å²) in [6, 6.07) is 8.89. The Morgan fingerprint density at radius 1 is 1.03 bits per heavy atom. The molecule has 3 aliphatic rings. The lowest BCUT2D eigenvalue weighted by Gasteiger charge is -2.59. The number of aliphatic hydroxyl groups excluding tert-OH is 1. The van der Waals surface area contributed by atoms with E-state index in [4.69, 9.17) is 11.6 Å². The number of anilines is 1. The topological polar surface area (TPSA) is 117 Å². The van der Waals surface area contributed by atoms with Gasteiger partial charge in [-0.25, -0.2) is 21.6 Å². The second-order valence-corrected chi connectivity index (χ2v) is 12.3. The van der Waals surface area contributed by atoms with Gasteiger partial charge in [0.25, 0.3) is 5.91 Å². The molecule has 2 bridgehead atoms. The first kappa shape index (κ1) is 26.6. The molecule has 3 aliphatic carbocycles. The van der Waals surface area contributed by atoms with Gasteiger partial charge in [0, 0.05) is 17.3 Å². The molecular formula is C26H22ClF3N2O5S. The second-order valence-electron chi connectivity index (χ2n) is 9.69. The molecule has 3 saturated carbocycles. The molecule has 6 rings (SSSR count). The zero-order chi connectivity index (χ0) is 27.4. The number of nitrogens with one attached hydrogen (secondary N) is 1. The summed E-state index contributed by atoms with van der Waals surface area (Å²) in [4.78, 5) is 16.3. The molecule has 38 heavy (non-hydrogen) atoms. The first-order valence-corrected chi connectivity index (χ1v) is 13.7. The van der Waals surface area contributed by atoms with Crippen LogP contribution >= 0.6 is 11.6 Å². The molecule has 0 aliphatic heterocycles. The van der Waals surface area contributed by atoms with E-state index >= 15 is 0 Å². The largest absolute Gasteiger partial charge is 0.386 e. The molecule has 200 valence electrons. The number of rotatable bonds is 6. The highest BCUT2D eigenvalue weighted by Gasteiger charge is 2.63. The normalized spacial score (nSPS) is 25.4. The van der Waals surface area contributed by atoms with Crippen molar-refractivity contribution >= 4 is 33.0 Å². The van der Waals surface area contributed by atoms with Crippen LogP contribution in [-0.2, 0) is 9.84 Å². The standard InChI is InChI=1S/C26H22ClF3N2O5S/c27-19-4-1-13(25(34)32-17-3-5-20(29)21(30)11-17)7-23(19)38(36,37)18-9-14-8-15(10-18)26(14,35)24(33)22-6-2-16(28)12-31-22/h1-7,11-12,14-15,18,24,33,35H,8-10H2,(H,32,34)/t14?,15?,18?,24-,26?/m0/s1. The number of hydrogen-bond donors (Lipinski definition) is 3. The lowest BCUT2D eigenvalue weighted by Crippen LogP contribution is -2.64. The van der Waals surface area contributed by atoms with Crippen molar-refractivity contribution in [3.8, 4) is 0 Å². The van der Waals surface area contributed by atoms with Crippen molar-refractivity contribution in [2.24, 2.45) is 11.8 Å². The van der Waals surface area contributed by atoms with E-state index in [2.05, 4.69) is 10.3 Å². The van der Waals surface area contributed by atoms with Gasteiger partial charge >= 0.3 is 0 Å². The van der Waals surface area contributed by atoms with Crippen molar-refractivity contribution < 1.29 is 36.6 Å². The van der Waals surface area contributed by atoms with E-state index in [1.165, 1.54) is 18.2 Å². The maximum Gasteiger partial charge on any atom is 0.255 e. The zero-order valence-electron chi connectivity index (χ0n) is 19.6. The summed E-state index contributed by atoms with van der Waals surface area (Å²) >= 11 is 6.22. The van der Waals surface area contributed by atoms with E-state index in [9.17, 15) is 36.6 Å². The highest BCUT2D eigenvalue weighted by atomic mass is 35.5. The predicted octanol–water partition coefficient (Wildman–Crippen LogP) is 4.44. The third-order valence-electron chi connectivity index (χ3n) is 7.56. The Morgan fingerprint density at radius 2 is 1.74 bits per heavy atom. The van der Waals surface area contributed by atoms with Gasteiger partial charge in [-0.15, -0.1) is 0 Å². The minimum atomic E-state index is -4.06. The number of pyridine rings is 1. The van der Waals surface area contributed by atoms with E-state index in [1.807, 2.05) is 0 Å². The molecule has 3 N–H and O–H groups in total. The molecule has 7 nitrogen and oxygen atoms in total. The molecule has 1 heterocycles. The Balaban J connectivity index is 1.35. The predicted molar refractivity (Wildman–Crippen MR) is 132 cm³/mol. The molecule has 0 spiro atoms. The Kier molecular flexibility index (Phi) is 6.75. The van der Waals surface area contributed by atoms with E-state index in [1.54, 1.807) is 0 Å². The van der Waals surface area contributed by atoms with Gasteiger partial charge < -0.3 is 15.5 Å². The van der Waals surface area contributed by atoms with E-state index < -0.39 is 62.0 Å². The Morgan fingerprint density at radius 3 is 2.37 bits per heavy atom. The van der Waals surface area contributed by atoms with Crippen LogP contribution in [0.4, 0.5) is 18.9 Å². The third-order valence-corrected chi connectivity index (χ3v) is 10.2. The Bertz CT molecular complexity index is 1510. The van der Waals surface area contributed by atoms with Crippen LogP contribution in [0.15, 0.2) is 59.6 Å². The van der Waals surface area contributed by atoms with E-state index in [-0.39, 0.29) is 39.7 Å². The van der Waals surface area contributed by atoms with Crippen LogP contribution in [-0.4, -0.2) is 40.4 Å². The maximum absolute atomic E-state index is 13.6. The molecule has 0 radical (unpaired) electrons. The van der Waals surface area contributed by atoms with Crippen molar-refractivity contribution in [1.29, 1.82) is 0 Å². The SMILES string of the molecule is O=C(Nc1ccc(F)c(F)c1)c1ccc(Cl)c(S(=O)(=O)C2CC3CC(C2)C3(O)[C@@H](O)c2ccc(F)cn2)c1. The van der Waals surface area contributed by atoms with Crippen molar-refractivity contribution in [2.45, 2.75) is 41.1 Å². The number of benzene rings is 2. The summed E-state index contributed by atoms with van der Waals surface area (Å²) in [5, 5.41) is 23.4. The summed E-state index contributed by atoms with van der Waals surface area (Å²) in [7, 11) is -4.06. The van der Waals surface area contributed by atoms with Crippen LogP contribution in [0.3, 0.4) is 0 Å². The number of carbonyl (C=O) groups is 1. The van der Waals surface area contributed by atoms with Crippen molar-refractivity contribution in [3.63, 3.8) is 0 Å². The fraction of sp³-hybridized carbons (Fsp3) is 0.308. The quantitative estimate of drug-likeness (QED) is 0.406. The minimum absolute atomic E-state index is 0.0193. The van der Waals surface area contributed by atoms with Gasteiger partial charge in [0.15, 0.2) is 21.5 Å². The number of nitrogens with zero attached hydrogens (tertiary/aromatic N) is 1. The van der Waals surface area contributed by atoms with Gasteiger partial charge in [-0.2, -0.15) is 0 Å². The molecule has 0 saturated heterocycles. The molecule has 1 amide bonds. The number of fused-ring (bicyclic) bond motifs is 2. The van der Waals surface area contributed by atoms with E-state index in [0.29, 0.717) is 6.42 Å². The number of sulfone groups is 1. The molecule has 2 aromatic carbocycles. The lowest BCUT2D eigenvalue weighted by molar-refractivity contribution is -0.234. The number of carbonyl (C=O) groups excluding carboxylic acids is 1. The molecule has 12 heteroatoms. The van der Waals surface area contributed by atoms with Crippen LogP contribution in [0.25, 0.3) is 0 Å². The average molecular weight is 567 g/mol. The summed E-state index contributed by atoms with van der Waals surface area (Å²) in [6.07, 6.45) is 0.0964. The average Bonchev–Trinajstić information content (AvgIpc) is 2.90. The summed E-state index contributed by atoms with van der Waals surface area (Å²) < 4.78 is 67.0. The summed E-state index contributed by atoms with van der Waals surface area (Å²) in [6.45, 7) is 0.